The second-order valence-electron chi connectivity index (χ2n) is 5.75. The Bertz CT molecular complexity index is 915. The molecule has 5 heteroatoms. The molecule has 0 bridgehead atoms. The van der Waals surface area contributed by atoms with Crippen LogP contribution in [-0.4, -0.2) is 15.7 Å². The van der Waals surface area contributed by atoms with Gasteiger partial charge in [0.2, 0.25) is 0 Å². The molecule has 1 amide bonds. The van der Waals surface area contributed by atoms with Gasteiger partial charge in [-0.05, 0) is 73.2 Å². The van der Waals surface area contributed by atoms with Gasteiger partial charge in [0.05, 0.1) is 22.6 Å². The standard InChI is InChI=1S/C19H18IN3O/c1-12-7-6-8-15(18(12)20)19(24)21-16-9-4-5-10-17(16)23-14(3)11-13(2)22-23/h4-11H,1-3H3,(H,21,24). The van der Waals surface area contributed by atoms with Crippen molar-refractivity contribution in [3.05, 3.63) is 74.6 Å². The first-order valence-electron chi connectivity index (χ1n) is 7.66. The van der Waals surface area contributed by atoms with E-state index in [1.54, 1.807) is 0 Å². The number of carbonyl (C=O) groups excluding carboxylic acids is 1. The van der Waals surface area contributed by atoms with Crippen LogP contribution in [0.2, 0.25) is 0 Å². The molecule has 122 valence electrons. The molecule has 3 rings (SSSR count). The van der Waals surface area contributed by atoms with Crippen LogP contribution in [0.1, 0.15) is 27.3 Å². The maximum Gasteiger partial charge on any atom is 0.256 e. The van der Waals surface area contributed by atoms with Gasteiger partial charge in [-0.2, -0.15) is 5.10 Å². The number of rotatable bonds is 3. The van der Waals surface area contributed by atoms with E-state index in [1.165, 1.54) is 0 Å². The van der Waals surface area contributed by atoms with Crippen molar-refractivity contribution in [2.45, 2.75) is 20.8 Å². The lowest BCUT2D eigenvalue weighted by Crippen LogP contribution is -2.16. The summed E-state index contributed by atoms with van der Waals surface area (Å²) >= 11 is 2.21. The van der Waals surface area contributed by atoms with E-state index in [2.05, 4.69) is 33.0 Å². The van der Waals surface area contributed by atoms with Gasteiger partial charge >= 0.3 is 0 Å². The predicted octanol–water partition coefficient (Wildman–Crippen LogP) is 4.65. The predicted molar refractivity (Wildman–Crippen MR) is 105 cm³/mol. The Morgan fingerprint density at radius 3 is 2.54 bits per heavy atom. The highest BCUT2D eigenvalue weighted by molar-refractivity contribution is 14.1. The minimum Gasteiger partial charge on any atom is -0.320 e. The highest BCUT2D eigenvalue weighted by atomic mass is 127. The zero-order valence-corrected chi connectivity index (χ0v) is 16.0. The summed E-state index contributed by atoms with van der Waals surface area (Å²) in [5, 5.41) is 7.54. The normalized spacial score (nSPS) is 10.7. The van der Waals surface area contributed by atoms with Gasteiger partial charge in [-0.1, -0.05) is 24.3 Å². The maximum absolute atomic E-state index is 12.7. The number of hydrogen-bond acceptors (Lipinski definition) is 2. The summed E-state index contributed by atoms with van der Waals surface area (Å²) in [7, 11) is 0. The molecule has 1 N–H and O–H groups in total. The fourth-order valence-corrected chi connectivity index (χ4v) is 3.25. The Balaban J connectivity index is 1.98. The molecule has 0 saturated heterocycles. The number of nitrogens with zero attached hydrogens (tertiary/aromatic N) is 2. The average molecular weight is 431 g/mol. The van der Waals surface area contributed by atoms with Crippen molar-refractivity contribution in [1.82, 2.24) is 9.78 Å². The molecule has 2 aromatic carbocycles. The van der Waals surface area contributed by atoms with Crippen LogP contribution >= 0.6 is 22.6 Å². The molecule has 24 heavy (non-hydrogen) atoms. The van der Waals surface area contributed by atoms with E-state index in [0.717, 1.165) is 31.9 Å². The van der Waals surface area contributed by atoms with Gasteiger partial charge in [-0.15, -0.1) is 0 Å². The molecule has 0 aliphatic heterocycles. The Kier molecular flexibility index (Phi) is 4.71. The minimum absolute atomic E-state index is 0.114. The van der Waals surface area contributed by atoms with Gasteiger partial charge < -0.3 is 5.32 Å². The summed E-state index contributed by atoms with van der Waals surface area (Å²) < 4.78 is 2.82. The van der Waals surface area contributed by atoms with Crippen LogP contribution in [0, 0.1) is 24.3 Å². The first-order valence-corrected chi connectivity index (χ1v) is 8.74. The van der Waals surface area contributed by atoms with E-state index < -0.39 is 0 Å². The monoisotopic (exact) mass is 431 g/mol. The number of nitrogens with one attached hydrogen (secondary N) is 1. The SMILES string of the molecule is Cc1cc(C)n(-c2ccccc2NC(=O)c2cccc(C)c2I)n1. The number of halogens is 1. The van der Waals surface area contributed by atoms with Crippen LogP contribution in [0.3, 0.4) is 0 Å². The van der Waals surface area contributed by atoms with Crippen molar-refractivity contribution in [3.8, 4) is 5.69 Å². The summed E-state index contributed by atoms with van der Waals surface area (Å²) in [5.41, 5.74) is 5.35. The fourth-order valence-electron chi connectivity index (χ4n) is 2.65. The molecule has 0 aliphatic carbocycles. The van der Waals surface area contributed by atoms with Crippen molar-refractivity contribution in [2.24, 2.45) is 0 Å². The number of carbonyl (C=O) groups is 1. The molecule has 0 aliphatic rings. The summed E-state index contributed by atoms with van der Waals surface area (Å²) in [6, 6.07) is 15.5. The van der Waals surface area contributed by atoms with Crippen LogP contribution in [0.25, 0.3) is 5.69 Å². The third kappa shape index (κ3) is 3.21. The lowest BCUT2D eigenvalue weighted by atomic mass is 10.1. The Labute approximate surface area is 155 Å². The second kappa shape index (κ2) is 6.76. The van der Waals surface area contributed by atoms with Gasteiger partial charge in [-0.3, -0.25) is 4.79 Å². The molecule has 0 unspecified atom stereocenters. The quantitative estimate of drug-likeness (QED) is 0.614. The third-order valence-corrected chi connectivity index (χ3v) is 5.26. The minimum atomic E-state index is -0.114. The van der Waals surface area contributed by atoms with E-state index in [-0.39, 0.29) is 5.91 Å². The number of anilines is 1. The van der Waals surface area contributed by atoms with Gasteiger partial charge in [0, 0.05) is 9.26 Å². The summed E-state index contributed by atoms with van der Waals surface area (Å²) in [6.07, 6.45) is 0. The zero-order chi connectivity index (χ0) is 17.3. The molecule has 1 aromatic heterocycles. The number of hydrogen-bond donors (Lipinski definition) is 1. The maximum atomic E-state index is 12.7. The molecule has 1 heterocycles. The number of benzene rings is 2. The Morgan fingerprint density at radius 1 is 1.08 bits per heavy atom. The first-order chi connectivity index (χ1) is 11.5. The van der Waals surface area contributed by atoms with Crippen LogP contribution in [0.15, 0.2) is 48.5 Å². The summed E-state index contributed by atoms with van der Waals surface area (Å²) in [5.74, 6) is -0.114. The van der Waals surface area contributed by atoms with Crippen LogP contribution < -0.4 is 5.32 Å². The van der Waals surface area contributed by atoms with Gasteiger partial charge in [0.15, 0.2) is 0 Å². The third-order valence-electron chi connectivity index (χ3n) is 3.83. The zero-order valence-electron chi connectivity index (χ0n) is 13.8. The van der Waals surface area contributed by atoms with Gasteiger partial charge in [0.25, 0.3) is 5.91 Å². The molecule has 0 spiro atoms. The largest absolute Gasteiger partial charge is 0.320 e. The molecule has 0 saturated carbocycles. The fraction of sp³-hybridized carbons (Fsp3) is 0.158. The number of amides is 1. The van der Waals surface area contributed by atoms with Gasteiger partial charge in [-0.25, -0.2) is 4.68 Å². The topological polar surface area (TPSA) is 46.9 Å². The second-order valence-corrected chi connectivity index (χ2v) is 6.83. The lowest BCUT2D eigenvalue weighted by Gasteiger charge is -2.13. The summed E-state index contributed by atoms with van der Waals surface area (Å²) in [4.78, 5) is 12.7. The highest BCUT2D eigenvalue weighted by Gasteiger charge is 2.15. The van der Waals surface area contributed by atoms with Crippen molar-refractivity contribution in [2.75, 3.05) is 5.32 Å². The van der Waals surface area contributed by atoms with Crippen LogP contribution in [-0.2, 0) is 0 Å². The van der Waals surface area contributed by atoms with E-state index in [9.17, 15) is 4.79 Å². The van der Waals surface area contributed by atoms with Crippen molar-refractivity contribution in [3.63, 3.8) is 0 Å². The Morgan fingerprint density at radius 2 is 1.83 bits per heavy atom. The average Bonchev–Trinajstić information content (AvgIpc) is 2.89. The molecule has 0 atom stereocenters. The van der Waals surface area contributed by atoms with E-state index in [4.69, 9.17) is 0 Å². The summed E-state index contributed by atoms with van der Waals surface area (Å²) in [6.45, 7) is 5.96. The van der Waals surface area contributed by atoms with Gasteiger partial charge in [0.1, 0.15) is 0 Å². The van der Waals surface area contributed by atoms with Crippen molar-refractivity contribution in [1.29, 1.82) is 0 Å². The van der Waals surface area contributed by atoms with E-state index in [0.29, 0.717) is 5.56 Å². The van der Waals surface area contributed by atoms with Crippen LogP contribution in [0.4, 0.5) is 5.69 Å². The molecular weight excluding hydrogens is 413 g/mol. The molecular formula is C19H18IN3O. The molecule has 4 nitrogen and oxygen atoms in total. The van der Waals surface area contributed by atoms with E-state index in [1.807, 2.05) is 74.0 Å². The smallest absolute Gasteiger partial charge is 0.256 e. The van der Waals surface area contributed by atoms with Crippen LogP contribution in [0.5, 0.6) is 0 Å². The number of aryl methyl sites for hydroxylation is 3. The van der Waals surface area contributed by atoms with Crippen molar-refractivity contribution < 1.29 is 4.79 Å². The Hall–Kier alpha value is -2.15. The molecule has 0 fully saturated rings. The number of para-hydroxylation sites is 2. The first kappa shape index (κ1) is 16.7. The lowest BCUT2D eigenvalue weighted by molar-refractivity contribution is 0.102. The molecule has 3 aromatic rings. The highest BCUT2D eigenvalue weighted by Crippen LogP contribution is 2.24. The van der Waals surface area contributed by atoms with E-state index >= 15 is 0 Å². The number of aromatic nitrogens is 2. The van der Waals surface area contributed by atoms with Crippen molar-refractivity contribution >= 4 is 34.2 Å². The molecule has 0 radical (unpaired) electrons.